The van der Waals surface area contributed by atoms with E-state index in [0.717, 1.165) is 19.3 Å². The number of Topliss-reactive ketones (excluding diaryl/α,β-unsaturated/α-hetero) is 1. The quantitative estimate of drug-likeness (QED) is 0.525. The molecule has 1 aliphatic carbocycles. The zero-order valence-corrected chi connectivity index (χ0v) is 25.1. The van der Waals surface area contributed by atoms with Crippen LogP contribution in [0.25, 0.3) is 0 Å². The van der Waals surface area contributed by atoms with Gasteiger partial charge in [-0.05, 0) is 54.6 Å². The number of amides is 2. The number of benzene rings is 1. The minimum atomic E-state index is -3.56. The normalized spacial score (nSPS) is 27.0. The van der Waals surface area contributed by atoms with E-state index in [9.17, 15) is 22.8 Å². The van der Waals surface area contributed by atoms with Gasteiger partial charge in [-0.25, -0.2) is 8.42 Å². The lowest BCUT2D eigenvalue weighted by Gasteiger charge is -2.37. The first-order valence-electron chi connectivity index (χ1n) is 14.4. The van der Waals surface area contributed by atoms with E-state index in [0.29, 0.717) is 25.8 Å². The molecule has 216 valence electrons. The fraction of sp³-hybridized carbons (Fsp3) is 0.700. The van der Waals surface area contributed by atoms with Gasteiger partial charge >= 0.3 is 0 Å². The monoisotopic (exact) mass is 559 g/mol. The van der Waals surface area contributed by atoms with Crippen LogP contribution in [-0.2, 0) is 30.8 Å². The zero-order chi connectivity index (χ0) is 28.7. The first-order chi connectivity index (χ1) is 18.2. The molecule has 0 aromatic heterocycles. The Morgan fingerprint density at radius 1 is 1.13 bits per heavy atom. The van der Waals surface area contributed by atoms with E-state index in [2.05, 4.69) is 17.4 Å². The lowest BCUT2D eigenvalue weighted by molar-refractivity contribution is -0.142. The second kappa shape index (κ2) is 11.3. The van der Waals surface area contributed by atoms with Crippen LogP contribution in [-0.4, -0.2) is 72.7 Å². The topological polar surface area (TPSA) is 104 Å². The van der Waals surface area contributed by atoms with Crippen LogP contribution >= 0.6 is 0 Å². The SMILES string of the molecule is CC[C@@H](C)C(=O)N[C@H](C(=O)N1CC[C@@H]2[C@H]1[C@@H](C(=O)CC1CCCc3ccccc31)CN2S(C)(=O)=O)C(C)(C)C. The Labute approximate surface area is 233 Å². The number of hydrogen-bond donors (Lipinski definition) is 1. The molecule has 1 aromatic rings. The van der Waals surface area contributed by atoms with E-state index in [1.807, 2.05) is 46.8 Å². The Morgan fingerprint density at radius 2 is 1.82 bits per heavy atom. The van der Waals surface area contributed by atoms with Gasteiger partial charge in [0.1, 0.15) is 11.8 Å². The van der Waals surface area contributed by atoms with Crippen LogP contribution in [0, 0.1) is 17.3 Å². The molecule has 0 spiro atoms. The summed E-state index contributed by atoms with van der Waals surface area (Å²) in [5.41, 5.74) is 1.94. The number of hydrogen-bond acceptors (Lipinski definition) is 5. The predicted octanol–water partition coefficient (Wildman–Crippen LogP) is 3.50. The smallest absolute Gasteiger partial charge is 0.246 e. The number of fused-ring (bicyclic) bond motifs is 2. The largest absolute Gasteiger partial charge is 0.344 e. The van der Waals surface area contributed by atoms with Crippen molar-refractivity contribution >= 4 is 27.6 Å². The van der Waals surface area contributed by atoms with Crippen LogP contribution in [0.3, 0.4) is 0 Å². The number of rotatable bonds is 8. The standard InChI is InChI=1S/C30H45N3O5S/c1-7-19(2)28(35)31-27(30(3,4)5)29(36)32-16-15-24-26(32)23(18-33(24)39(6,37)38)25(34)17-21-13-10-12-20-11-8-9-14-22(20)21/h8-9,11,14,19,21,23-24,26-27H,7,10,12-13,15-18H2,1-6H3,(H,31,35)/t19-,21?,23-,24-,26-,27-/m1/s1. The Balaban J connectivity index is 1.62. The van der Waals surface area contributed by atoms with Gasteiger partial charge in [0.25, 0.3) is 0 Å². The number of aryl methyl sites for hydroxylation is 1. The van der Waals surface area contributed by atoms with Crippen molar-refractivity contribution in [1.29, 1.82) is 0 Å². The third kappa shape index (κ3) is 6.09. The summed E-state index contributed by atoms with van der Waals surface area (Å²) in [5, 5.41) is 2.98. The molecule has 0 saturated carbocycles. The number of carbonyl (C=O) groups excluding carboxylic acids is 3. The summed E-state index contributed by atoms with van der Waals surface area (Å²) in [4.78, 5) is 42.6. The molecule has 9 heteroatoms. The van der Waals surface area contributed by atoms with Crippen molar-refractivity contribution < 1.29 is 22.8 Å². The maximum absolute atomic E-state index is 14.1. The molecule has 0 radical (unpaired) electrons. The molecular formula is C30H45N3O5S. The van der Waals surface area contributed by atoms with Crippen LogP contribution in [0.4, 0.5) is 0 Å². The van der Waals surface area contributed by atoms with E-state index >= 15 is 0 Å². The zero-order valence-electron chi connectivity index (χ0n) is 24.3. The number of nitrogens with one attached hydrogen (secondary N) is 1. The van der Waals surface area contributed by atoms with E-state index in [4.69, 9.17) is 0 Å². The first kappa shape index (κ1) is 29.7. The molecule has 8 nitrogen and oxygen atoms in total. The van der Waals surface area contributed by atoms with Crippen molar-refractivity contribution in [3.8, 4) is 0 Å². The molecule has 39 heavy (non-hydrogen) atoms. The summed E-state index contributed by atoms with van der Waals surface area (Å²) in [6, 6.07) is 6.54. The van der Waals surface area contributed by atoms with Crippen molar-refractivity contribution in [2.45, 2.75) is 97.2 Å². The number of likely N-dealkylation sites (tertiary alicyclic amines) is 1. The highest BCUT2D eigenvalue weighted by Crippen LogP contribution is 2.41. The van der Waals surface area contributed by atoms with Gasteiger partial charge in [0.15, 0.2) is 0 Å². The van der Waals surface area contributed by atoms with E-state index < -0.39 is 39.5 Å². The molecule has 0 bridgehead atoms. The van der Waals surface area contributed by atoms with Gasteiger partial charge in [-0.1, -0.05) is 58.9 Å². The van der Waals surface area contributed by atoms with Crippen molar-refractivity contribution in [2.24, 2.45) is 17.3 Å². The Hall–Kier alpha value is -2.26. The van der Waals surface area contributed by atoms with Crippen LogP contribution < -0.4 is 5.32 Å². The van der Waals surface area contributed by atoms with E-state index in [1.54, 1.807) is 4.90 Å². The summed E-state index contributed by atoms with van der Waals surface area (Å²) in [6.45, 7) is 9.99. The molecule has 2 fully saturated rings. The highest BCUT2D eigenvalue weighted by atomic mass is 32.2. The highest BCUT2D eigenvalue weighted by molar-refractivity contribution is 7.88. The molecule has 2 saturated heterocycles. The number of ketones is 1. The predicted molar refractivity (Wildman–Crippen MR) is 152 cm³/mol. The molecule has 1 unspecified atom stereocenters. The molecule has 1 N–H and O–H groups in total. The molecule has 2 aliphatic heterocycles. The fourth-order valence-corrected chi connectivity index (χ4v) is 7.87. The second-order valence-corrected chi connectivity index (χ2v) is 14.8. The average molecular weight is 560 g/mol. The van der Waals surface area contributed by atoms with Gasteiger partial charge in [0.05, 0.1) is 18.2 Å². The Morgan fingerprint density at radius 3 is 2.46 bits per heavy atom. The summed E-state index contributed by atoms with van der Waals surface area (Å²) in [6.07, 6.45) is 5.63. The molecule has 3 aliphatic rings. The van der Waals surface area contributed by atoms with Crippen LogP contribution in [0.1, 0.15) is 83.8 Å². The van der Waals surface area contributed by atoms with Crippen LogP contribution in [0.5, 0.6) is 0 Å². The number of nitrogens with zero attached hydrogens (tertiary/aromatic N) is 2. The summed E-state index contributed by atoms with van der Waals surface area (Å²) >= 11 is 0. The van der Waals surface area contributed by atoms with Gasteiger partial charge in [-0.3, -0.25) is 14.4 Å². The third-order valence-electron chi connectivity index (χ3n) is 9.10. The van der Waals surface area contributed by atoms with Gasteiger partial charge in [0, 0.05) is 31.5 Å². The number of carbonyl (C=O) groups is 3. The fourth-order valence-electron chi connectivity index (χ4n) is 6.71. The van der Waals surface area contributed by atoms with Crippen LogP contribution in [0.2, 0.25) is 0 Å². The Kier molecular flexibility index (Phi) is 8.62. The average Bonchev–Trinajstić information content (AvgIpc) is 3.46. The first-order valence-corrected chi connectivity index (χ1v) is 16.3. The Bertz CT molecular complexity index is 1210. The molecule has 1 aromatic carbocycles. The van der Waals surface area contributed by atoms with E-state index in [1.165, 1.54) is 21.7 Å². The number of sulfonamides is 1. The lowest BCUT2D eigenvalue weighted by Crippen LogP contribution is -2.58. The summed E-state index contributed by atoms with van der Waals surface area (Å²) < 4.78 is 27.0. The third-order valence-corrected chi connectivity index (χ3v) is 10.4. The minimum Gasteiger partial charge on any atom is -0.344 e. The molecule has 4 rings (SSSR count). The van der Waals surface area contributed by atoms with E-state index in [-0.39, 0.29) is 36.0 Å². The van der Waals surface area contributed by atoms with Crippen molar-refractivity contribution in [3.63, 3.8) is 0 Å². The van der Waals surface area contributed by atoms with Gasteiger partial charge in [0.2, 0.25) is 21.8 Å². The lowest BCUT2D eigenvalue weighted by atomic mass is 9.78. The van der Waals surface area contributed by atoms with Crippen molar-refractivity contribution in [1.82, 2.24) is 14.5 Å². The highest BCUT2D eigenvalue weighted by Gasteiger charge is 2.56. The van der Waals surface area contributed by atoms with Crippen LogP contribution in [0.15, 0.2) is 24.3 Å². The van der Waals surface area contributed by atoms with Gasteiger partial charge in [-0.15, -0.1) is 0 Å². The summed E-state index contributed by atoms with van der Waals surface area (Å²) in [7, 11) is -3.56. The minimum absolute atomic E-state index is 0.0218. The molecular weight excluding hydrogens is 514 g/mol. The van der Waals surface area contributed by atoms with Gasteiger partial charge in [-0.2, -0.15) is 4.31 Å². The van der Waals surface area contributed by atoms with Gasteiger partial charge < -0.3 is 10.2 Å². The molecule has 6 atom stereocenters. The second-order valence-electron chi connectivity index (χ2n) is 12.9. The van der Waals surface area contributed by atoms with Crippen molar-refractivity contribution in [3.05, 3.63) is 35.4 Å². The maximum atomic E-state index is 14.1. The summed E-state index contributed by atoms with van der Waals surface area (Å²) in [5.74, 6) is -1.09. The maximum Gasteiger partial charge on any atom is 0.246 e. The molecule has 2 amide bonds. The molecule has 2 heterocycles. The van der Waals surface area contributed by atoms with Crippen molar-refractivity contribution in [2.75, 3.05) is 19.3 Å².